The number of hydrogen-bond acceptors (Lipinski definition) is 4. The molecule has 2 aliphatic rings. The molecular formula is C24H25N5O2. The molecule has 158 valence electrons. The number of nitrogens with zero attached hydrogens (tertiary/aromatic N) is 4. The zero-order valence-electron chi connectivity index (χ0n) is 18.3. The Morgan fingerprint density at radius 1 is 1.13 bits per heavy atom. The number of allylic oxidation sites excluding steroid dienone is 3. The summed E-state index contributed by atoms with van der Waals surface area (Å²) < 4.78 is 1.75. The van der Waals surface area contributed by atoms with Crippen molar-refractivity contribution in [3.63, 3.8) is 0 Å². The van der Waals surface area contributed by atoms with Crippen LogP contribution in [-0.4, -0.2) is 21.6 Å². The lowest BCUT2D eigenvalue weighted by molar-refractivity contribution is -0.119. The van der Waals surface area contributed by atoms with E-state index in [0.29, 0.717) is 17.1 Å². The average molecular weight is 415 g/mol. The summed E-state index contributed by atoms with van der Waals surface area (Å²) >= 11 is 0. The Bertz CT molecular complexity index is 1210. The summed E-state index contributed by atoms with van der Waals surface area (Å²) in [5.74, 6) is -0.910. The van der Waals surface area contributed by atoms with E-state index < -0.39 is 5.92 Å². The van der Waals surface area contributed by atoms with Crippen LogP contribution in [0.3, 0.4) is 0 Å². The minimum Gasteiger partial charge on any atom is -0.321 e. The van der Waals surface area contributed by atoms with Crippen molar-refractivity contribution in [2.45, 2.75) is 33.1 Å². The van der Waals surface area contributed by atoms with E-state index in [4.69, 9.17) is 0 Å². The van der Waals surface area contributed by atoms with Crippen LogP contribution in [0.5, 0.6) is 0 Å². The Balaban J connectivity index is 1.60. The predicted octanol–water partition coefficient (Wildman–Crippen LogP) is 4.72. The van der Waals surface area contributed by atoms with Crippen molar-refractivity contribution in [1.82, 2.24) is 9.78 Å². The maximum absolute atomic E-state index is 12.7. The van der Waals surface area contributed by atoms with Crippen LogP contribution in [0.2, 0.25) is 0 Å². The molecule has 2 aromatic rings. The van der Waals surface area contributed by atoms with Crippen molar-refractivity contribution in [2.75, 3.05) is 5.32 Å². The van der Waals surface area contributed by atoms with Gasteiger partial charge in [0.1, 0.15) is 0 Å². The number of anilines is 1. The number of azo groups is 1. The SMILES string of the molecule is Cc1cc(NC(=O)c2cc(C(C)(C)C)n(C)n2)ccc1C1=C2C=CC=CC2C(=O)N=N1. The van der Waals surface area contributed by atoms with Crippen molar-refractivity contribution in [3.05, 3.63) is 76.7 Å². The Morgan fingerprint density at radius 3 is 2.58 bits per heavy atom. The van der Waals surface area contributed by atoms with Gasteiger partial charge in [0, 0.05) is 29.4 Å². The largest absolute Gasteiger partial charge is 0.321 e. The lowest BCUT2D eigenvalue weighted by Crippen LogP contribution is -2.17. The van der Waals surface area contributed by atoms with Crippen LogP contribution in [-0.2, 0) is 17.3 Å². The maximum atomic E-state index is 12.7. The fourth-order valence-electron chi connectivity index (χ4n) is 3.89. The molecule has 0 saturated carbocycles. The summed E-state index contributed by atoms with van der Waals surface area (Å²) in [7, 11) is 1.84. The van der Waals surface area contributed by atoms with Crippen LogP contribution < -0.4 is 5.32 Å². The first kappa shape index (κ1) is 20.7. The number of fused-ring (bicyclic) bond motifs is 1. The molecule has 7 nitrogen and oxygen atoms in total. The fourth-order valence-corrected chi connectivity index (χ4v) is 3.89. The molecule has 1 aromatic carbocycles. The van der Waals surface area contributed by atoms with Gasteiger partial charge in [-0.25, -0.2) is 0 Å². The first-order chi connectivity index (χ1) is 14.6. The zero-order valence-corrected chi connectivity index (χ0v) is 18.3. The molecule has 31 heavy (non-hydrogen) atoms. The van der Waals surface area contributed by atoms with Gasteiger partial charge in [-0.2, -0.15) is 5.10 Å². The number of aromatic nitrogens is 2. The number of benzene rings is 1. The highest BCUT2D eigenvalue weighted by Gasteiger charge is 2.28. The zero-order chi connectivity index (χ0) is 22.3. The second-order valence-corrected chi connectivity index (χ2v) is 8.84. The highest BCUT2D eigenvalue weighted by atomic mass is 16.2. The van der Waals surface area contributed by atoms with Crippen molar-refractivity contribution in [2.24, 2.45) is 23.2 Å². The number of nitrogens with one attached hydrogen (secondary N) is 1. The summed E-state index contributed by atoms with van der Waals surface area (Å²) in [6, 6.07) is 7.43. The predicted molar refractivity (Wildman–Crippen MR) is 120 cm³/mol. The molecule has 0 saturated heterocycles. The number of rotatable bonds is 3. The molecule has 1 unspecified atom stereocenters. The summed E-state index contributed by atoms with van der Waals surface area (Å²) in [4.78, 5) is 24.8. The molecule has 0 bridgehead atoms. The molecular weight excluding hydrogens is 390 g/mol. The molecule has 0 radical (unpaired) electrons. The Labute approximate surface area is 181 Å². The number of amides is 2. The number of hydrogen-bond donors (Lipinski definition) is 1. The van der Waals surface area contributed by atoms with Gasteiger partial charge in [0.25, 0.3) is 11.8 Å². The molecule has 0 fully saturated rings. The third-order valence-electron chi connectivity index (χ3n) is 5.43. The topological polar surface area (TPSA) is 88.7 Å². The van der Waals surface area contributed by atoms with E-state index in [1.54, 1.807) is 4.68 Å². The molecule has 2 amide bonds. The third kappa shape index (κ3) is 3.91. The second-order valence-electron chi connectivity index (χ2n) is 8.84. The molecule has 7 heteroatoms. The quantitative estimate of drug-likeness (QED) is 0.786. The summed E-state index contributed by atoms with van der Waals surface area (Å²) in [6.07, 6.45) is 7.47. The van der Waals surface area contributed by atoms with Crippen molar-refractivity contribution < 1.29 is 9.59 Å². The summed E-state index contributed by atoms with van der Waals surface area (Å²) in [5, 5.41) is 15.3. The Morgan fingerprint density at radius 2 is 1.90 bits per heavy atom. The molecule has 4 rings (SSSR count). The van der Waals surface area contributed by atoms with Crippen LogP contribution in [0.25, 0.3) is 5.70 Å². The van der Waals surface area contributed by atoms with Gasteiger partial charge in [-0.15, -0.1) is 10.2 Å². The highest BCUT2D eigenvalue weighted by Crippen LogP contribution is 2.35. The van der Waals surface area contributed by atoms with Gasteiger partial charge in [-0.3, -0.25) is 14.3 Å². The molecule has 1 N–H and O–H groups in total. The first-order valence-corrected chi connectivity index (χ1v) is 10.2. The Kier molecular flexibility index (Phi) is 5.05. The molecule has 1 aliphatic heterocycles. The third-order valence-corrected chi connectivity index (χ3v) is 5.43. The lowest BCUT2D eigenvalue weighted by atomic mass is 9.88. The van der Waals surface area contributed by atoms with E-state index in [-0.39, 0.29) is 17.2 Å². The summed E-state index contributed by atoms with van der Waals surface area (Å²) in [6.45, 7) is 8.20. The number of aryl methyl sites for hydroxylation is 2. The number of carbonyl (C=O) groups is 2. The van der Waals surface area contributed by atoms with Crippen molar-refractivity contribution >= 4 is 23.2 Å². The van der Waals surface area contributed by atoms with E-state index in [1.807, 2.05) is 62.5 Å². The minimum absolute atomic E-state index is 0.107. The minimum atomic E-state index is -0.391. The molecule has 1 aromatic heterocycles. The van der Waals surface area contributed by atoms with E-state index in [0.717, 1.165) is 22.4 Å². The van der Waals surface area contributed by atoms with Gasteiger partial charge in [-0.1, -0.05) is 51.1 Å². The molecule has 0 spiro atoms. The van der Waals surface area contributed by atoms with Crippen LogP contribution in [0.15, 0.2) is 64.4 Å². The van der Waals surface area contributed by atoms with Crippen LogP contribution in [0.4, 0.5) is 5.69 Å². The maximum Gasteiger partial charge on any atom is 0.276 e. The summed E-state index contributed by atoms with van der Waals surface area (Å²) in [5.41, 5.74) is 5.24. The van der Waals surface area contributed by atoms with Crippen molar-refractivity contribution in [3.8, 4) is 0 Å². The molecule has 1 atom stereocenters. The van der Waals surface area contributed by atoms with E-state index in [9.17, 15) is 9.59 Å². The van der Waals surface area contributed by atoms with E-state index >= 15 is 0 Å². The van der Waals surface area contributed by atoms with Crippen LogP contribution in [0, 0.1) is 12.8 Å². The van der Waals surface area contributed by atoms with Gasteiger partial charge >= 0.3 is 0 Å². The molecule has 1 aliphatic carbocycles. The average Bonchev–Trinajstić information content (AvgIpc) is 3.12. The highest BCUT2D eigenvalue weighted by molar-refractivity contribution is 6.03. The van der Waals surface area contributed by atoms with Crippen molar-refractivity contribution in [1.29, 1.82) is 0 Å². The standard InChI is InChI=1S/C24H25N5O2/c1-14-12-15(25-23(31)19-13-20(24(2,3)4)29(5)28-19)10-11-16(14)21-17-8-6-7-9-18(17)22(30)27-26-21/h6-13,18H,1-5H3,(H,25,31). The molecule has 2 heterocycles. The van der Waals surface area contributed by atoms with Gasteiger partial charge in [0.2, 0.25) is 0 Å². The first-order valence-electron chi connectivity index (χ1n) is 10.2. The monoisotopic (exact) mass is 415 g/mol. The smallest absolute Gasteiger partial charge is 0.276 e. The van der Waals surface area contributed by atoms with Crippen LogP contribution in [0.1, 0.15) is 48.1 Å². The van der Waals surface area contributed by atoms with Crippen LogP contribution >= 0.6 is 0 Å². The van der Waals surface area contributed by atoms with E-state index in [1.165, 1.54) is 0 Å². The Hall–Kier alpha value is -3.61. The van der Waals surface area contributed by atoms with Gasteiger partial charge in [0.05, 0.1) is 11.6 Å². The van der Waals surface area contributed by atoms with E-state index in [2.05, 4.69) is 41.4 Å². The normalized spacial score (nSPS) is 17.8. The van der Waals surface area contributed by atoms with Gasteiger partial charge in [-0.05, 0) is 36.3 Å². The number of carbonyl (C=O) groups excluding carboxylic acids is 2. The lowest BCUT2D eigenvalue weighted by Gasteiger charge is -2.20. The fraction of sp³-hybridized carbons (Fsp3) is 0.292. The van der Waals surface area contributed by atoms with Gasteiger partial charge in [0.15, 0.2) is 5.69 Å². The van der Waals surface area contributed by atoms with Gasteiger partial charge < -0.3 is 5.32 Å². The second kappa shape index (κ2) is 7.58.